The van der Waals surface area contributed by atoms with E-state index in [0.29, 0.717) is 23.1 Å². The predicted molar refractivity (Wildman–Crippen MR) is 119 cm³/mol. The van der Waals surface area contributed by atoms with E-state index < -0.39 is 0 Å². The Kier molecular flexibility index (Phi) is 6.13. The zero-order chi connectivity index (χ0) is 20.9. The highest BCUT2D eigenvalue weighted by Gasteiger charge is 2.23. The molecular formula is C22H25N5O2S. The molecule has 7 nitrogen and oxygen atoms in total. The van der Waals surface area contributed by atoms with Gasteiger partial charge in [-0.1, -0.05) is 18.2 Å². The number of methoxy groups -OCH3 is 1. The fourth-order valence-electron chi connectivity index (χ4n) is 3.76. The van der Waals surface area contributed by atoms with Gasteiger partial charge in [0.2, 0.25) is 5.91 Å². The van der Waals surface area contributed by atoms with E-state index in [9.17, 15) is 4.79 Å². The van der Waals surface area contributed by atoms with Crippen molar-refractivity contribution in [1.82, 2.24) is 20.1 Å². The monoisotopic (exact) mass is 423 g/mol. The van der Waals surface area contributed by atoms with Crippen molar-refractivity contribution in [3.05, 3.63) is 59.4 Å². The number of hydrogen-bond donors (Lipinski definition) is 2. The number of nitrogens with one attached hydrogen (secondary N) is 2. The fourth-order valence-corrected chi connectivity index (χ4v) is 3.95. The molecule has 1 amide bonds. The van der Waals surface area contributed by atoms with Crippen molar-refractivity contribution in [2.24, 2.45) is 5.92 Å². The lowest BCUT2D eigenvalue weighted by atomic mass is 10.1. The lowest BCUT2D eigenvalue weighted by Crippen LogP contribution is -2.33. The Hall–Kier alpha value is -3.13. The second-order valence-corrected chi connectivity index (χ2v) is 7.79. The van der Waals surface area contributed by atoms with Crippen LogP contribution in [0.3, 0.4) is 0 Å². The summed E-state index contributed by atoms with van der Waals surface area (Å²) < 4.78 is 7.34. The van der Waals surface area contributed by atoms with Gasteiger partial charge in [-0.3, -0.25) is 14.5 Å². The molecule has 2 heterocycles. The first kappa shape index (κ1) is 20.2. The minimum Gasteiger partial charge on any atom is -0.497 e. The first-order chi connectivity index (χ1) is 14.6. The summed E-state index contributed by atoms with van der Waals surface area (Å²) >= 11 is 5.33. The van der Waals surface area contributed by atoms with Crippen LogP contribution in [-0.2, 0) is 11.3 Å². The van der Waals surface area contributed by atoms with E-state index >= 15 is 0 Å². The van der Waals surface area contributed by atoms with Gasteiger partial charge < -0.3 is 15.0 Å². The van der Waals surface area contributed by atoms with Gasteiger partial charge in [0, 0.05) is 30.9 Å². The quantitative estimate of drug-likeness (QED) is 0.571. The summed E-state index contributed by atoms with van der Waals surface area (Å²) in [5.74, 6) is 1.76. The highest BCUT2D eigenvalue weighted by atomic mass is 32.1. The second kappa shape index (κ2) is 9.13. The SMILES string of the molecule is COc1ccc(-c2n[nH]c(=S)n2CC(=O)NCC2CCN(c3ccccc3)C2)cc1. The van der Waals surface area contributed by atoms with Crippen LogP contribution in [-0.4, -0.2) is 47.4 Å². The predicted octanol–water partition coefficient (Wildman–Crippen LogP) is 3.26. The van der Waals surface area contributed by atoms with Crippen molar-refractivity contribution < 1.29 is 9.53 Å². The third-order valence-electron chi connectivity index (χ3n) is 5.40. The number of H-pyrrole nitrogens is 1. The maximum absolute atomic E-state index is 12.6. The summed E-state index contributed by atoms with van der Waals surface area (Å²) in [5, 5.41) is 10.1. The standard InChI is InChI=1S/C22H25N5O2S/c1-29-19-9-7-17(8-10-19)21-24-25-22(30)27(21)15-20(28)23-13-16-11-12-26(14-16)18-5-3-2-4-6-18/h2-10,16H,11-15H2,1H3,(H,23,28)(H,25,30). The smallest absolute Gasteiger partial charge is 0.240 e. The number of amides is 1. The number of hydrogen-bond acceptors (Lipinski definition) is 5. The first-order valence-corrected chi connectivity index (χ1v) is 10.4. The van der Waals surface area contributed by atoms with Crippen molar-refractivity contribution in [2.75, 3.05) is 31.6 Å². The Morgan fingerprint density at radius 1 is 1.23 bits per heavy atom. The molecule has 1 aliphatic rings. The highest BCUT2D eigenvalue weighted by Crippen LogP contribution is 2.23. The molecule has 2 N–H and O–H groups in total. The molecule has 1 unspecified atom stereocenters. The molecule has 0 radical (unpaired) electrons. The molecule has 4 rings (SSSR count). The van der Waals surface area contributed by atoms with Gasteiger partial charge in [0.05, 0.1) is 7.11 Å². The summed E-state index contributed by atoms with van der Waals surface area (Å²) in [6, 6.07) is 17.9. The van der Waals surface area contributed by atoms with Crippen LogP contribution in [0.15, 0.2) is 54.6 Å². The van der Waals surface area contributed by atoms with Crippen LogP contribution in [0.25, 0.3) is 11.4 Å². The van der Waals surface area contributed by atoms with E-state index in [1.54, 1.807) is 11.7 Å². The molecule has 0 spiro atoms. The molecule has 8 heteroatoms. The Labute approximate surface area is 180 Å². The average Bonchev–Trinajstić information content (AvgIpc) is 3.40. The minimum atomic E-state index is -0.0691. The molecule has 1 fully saturated rings. The maximum Gasteiger partial charge on any atom is 0.240 e. The third-order valence-corrected chi connectivity index (χ3v) is 5.71. The van der Waals surface area contributed by atoms with Gasteiger partial charge in [-0.05, 0) is 61.0 Å². The normalized spacial score (nSPS) is 15.9. The number of carbonyl (C=O) groups is 1. The topological polar surface area (TPSA) is 75.2 Å². The largest absolute Gasteiger partial charge is 0.497 e. The van der Waals surface area contributed by atoms with Gasteiger partial charge in [-0.2, -0.15) is 5.10 Å². The number of aromatic nitrogens is 3. The van der Waals surface area contributed by atoms with Gasteiger partial charge in [0.15, 0.2) is 10.6 Å². The molecule has 3 aromatic rings. The Morgan fingerprint density at radius 3 is 2.73 bits per heavy atom. The molecule has 1 saturated heterocycles. The summed E-state index contributed by atoms with van der Waals surface area (Å²) in [6.45, 7) is 2.75. The number of anilines is 1. The van der Waals surface area contributed by atoms with E-state index in [-0.39, 0.29) is 12.5 Å². The van der Waals surface area contributed by atoms with Crippen LogP contribution in [0.2, 0.25) is 0 Å². The molecule has 156 valence electrons. The molecule has 1 aliphatic heterocycles. The van der Waals surface area contributed by atoms with Gasteiger partial charge in [0.25, 0.3) is 0 Å². The molecule has 1 aromatic heterocycles. The minimum absolute atomic E-state index is 0.0691. The van der Waals surface area contributed by atoms with Gasteiger partial charge in [0.1, 0.15) is 12.3 Å². The van der Waals surface area contributed by atoms with Crippen molar-refractivity contribution in [2.45, 2.75) is 13.0 Å². The number of nitrogens with zero attached hydrogens (tertiary/aromatic N) is 3. The lowest BCUT2D eigenvalue weighted by molar-refractivity contribution is -0.121. The van der Waals surface area contributed by atoms with Crippen LogP contribution in [0.5, 0.6) is 5.75 Å². The molecule has 2 aromatic carbocycles. The van der Waals surface area contributed by atoms with Crippen LogP contribution < -0.4 is 15.0 Å². The number of rotatable bonds is 7. The van der Waals surface area contributed by atoms with E-state index in [1.807, 2.05) is 30.3 Å². The third kappa shape index (κ3) is 4.54. The van der Waals surface area contributed by atoms with Crippen LogP contribution in [0, 0.1) is 10.7 Å². The van der Waals surface area contributed by atoms with E-state index in [1.165, 1.54) is 5.69 Å². The van der Waals surface area contributed by atoms with Gasteiger partial charge >= 0.3 is 0 Å². The van der Waals surface area contributed by atoms with Gasteiger partial charge in [-0.15, -0.1) is 0 Å². The summed E-state index contributed by atoms with van der Waals surface area (Å²) in [4.78, 5) is 15.0. The van der Waals surface area contributed by atoms with E-state index in [0.717, 1.165) is 30.8 Å². The molecule has 1 atom stereocenters. The number of benzene rings is 2. The Bertz CT molecular complexity index is 1050. The van der Waals surface area contributed by atoms with Crippen LogP contribution >= 0.6 is 12.2 Å². The summed E-state index contributed by atoms with van der Waals surface area (Å²) in [6.07, 6.45) is 1.07. The van der Waals surface area contributed by atoms with Crippen molar-refractivity contribution >= 4 is 23.8 Å². The Balaban J connectivity index is 1.35. The summed E-state index contributed by atoms with van der Waals surface area (Å²) in [5.41, 5.74) is 2.10. The number of para-hydroxylation sites is 1. The molecule has 0 saturated carbocycles. The molecule has 30 heavy (non-hydrogen) atoms. The summed E-state index contributed by atoms with van der Waals surface area (Å²) in [7, 11) is 1.62. The highest BCUT2D eigenvalue weighted by molar-refractivity contribution is 7.71. The van der Waals surface area contributed by atoms with Crippen molar-refractivity contribution in [3.63, 3.8) is 0 Å². The average molecular weight is 424 g/mol. The maximum atomic E-state index is 12.6. The molecule has 0 aliphatic carbocycles. The van der Waals surface area contributed by atoms with Crippen molar-refractivity contribution in [1.29, 1.82) is 0 Å². The molecule has 0 bridgehead atoms. The fraction of sp³-hybridized carbons (Fsp3) is 0.318. The van der Waals surface area contributed by atoms with Gasteiger partial charge in [-0.25, -0.2) is 0 Å². The van der Waals surface area contributed by atoms with Crippen LogP contribution in [0.1, 0.15) is 6.42 Å². The van der Waals surface area contributed by atoms with E-state index in [4.69, 9.17) is 17.0 Å². The second-order valence-electron chi connectivity index (χ2n) is 7.41. The zero-order valence-electron chi connectivity index (χ0n) is 16.9. The number of aromatic amines is 1. The first-order valence-electron chi connectivity index (χ1n) is 10.0. The molecular weight excluding hydrogens is 398 g/mol. The van der Waals surface area contributed by atoms with Crippen LogP contribution in [0.4, 0.5) is 5.69 Å². The lowest BCUT2D eigenvalue weighted by Gasteiger charge is -2.18. The van der Waals surface area contributed by atoms with E-state index in [2.05, 4.69) is 44.7 Å². The number of ether oxygens (including phenoxy) is 1. The van der Waals surface area contributed by atoms with Crippen molar-refractivity contribution in [3.8, 4) is 17.1 Å². The number of carbonyl (C=O) groups excluding carboxylic acids is 1. The zero-order valence-corrected chi connectivity index (χ0v) is 17.7. The Morgan fingerprint density at radius 2 is 2.00 bits per heavy atom.